The first-order chi connectivity index (χ1) is 8.27. The number of rotatable bonds is 4. The first-order valence-corrected chi connectivity index (χ1v) is 6.07. The summed E-state index contributed by atoms with van der Waals surface area (Å²) in [5.74, 6) is 6.14. The van der Waals surface area contributed by atoms with Crippen molar-refractivity contribution in [1.82, 2.24) is 10.4 Å². The second-order valence-electron chi connectivity index (χ2n) is 4.45. The van der Waals surface area contributed by atoms with Crippen LogP contribution in [0.15, 0.2) is 36.5 Å². The average Bonchev–Trinajstić information content (AvgIpc) is 2.39. The molecule has 0 aliphatic rings. The monoisotopic (exact) mass is 229 g/mol. The number of pyridine rings is 1. The number of hydrogen-bond donors (Lipinski definition) is 2. The molecular weight excluding hydrogens is 210 g/mol. The van der Waals surface area contributed by atoms with Crippen LogP contribution in [0.1, 0.15) is 32.0 Å². The molecule has 90 valence electrons. The zero-order valence-corrected chi connectivity index (χ0v) is 10.4. The van der Waals surface area contributed by atoms with Crippen LogP contribution in [-0.2, 0) is 0 Å². The number of hydrazine groups is 1. The molecule has 1 aromatic heterocycles. The van der Waals surface area contributed by atoms with Crippen LogP contribution < -0.4 is 11.3 Å². The molecule has 3 nitrogen and oxygen atoms in total. The van der Waals surface area contributed by atoms with Crippen molar-refractivity contribution in [3.8, 4) is 0 Å². The van der Waals surface area contributed by atoms with Gasteiger partial charge < -0.3 is 0 Å². The van der Waals surface area contributed by atoms with E-state index in [0.717, 1.165) is 12.1 Å². The van der Waals surface area contributed by atoms with Gasteiger partial charge >= 0.3 is 0 Å². The molecule has 2 atom stereocenters. The normalized spacial score (nSPS) is 14.8. The number of fused-ring (bicyclic) bond motifs is 1. The molecule has 2 rings (SSSR count). The van der Waals surface area contributed by atoms with Gasteiger partial charge in [0.2, 0.25) is 0 Å². The molecule has 0 radical (unpaired) electrons. The zero-order valence-electron chi connectivity index (χ0n) is 10.4. The zero-order chi connectivity index (χ0) is 12.3. The third kappa shape index (κ3) is 2.30. The quantitative estimate of drug-likeness (QED) is 0.626. The van der Waals surface area contributed by atoms with Crippen molar-refractivity contribution in [2.45, 2.75) is 26.3 Å². The van der Waals surface area contributed by atoms with Crippen LogP contribution in [0.3, 0.4) is 0 Å². The number of aromatic nitrogens is 1. The van der Waals surface area contributed by atoms with Crippen molar-refractivity contribution >= 4 is 10.8 Å². The molecule has 2 aromatic rings. The summed E-state index contributed by atoms with van der Waals surface area (Å²) in [7, 11) is 0. The minimum atomic E-state index is 0.103. The van der Waals surface area contributed by atoms with Crippen molar-refractivity contribution in [3.63, 3.8) is 0 Å². The molecule has 0 bridgehead atoms. The second-order valence-corrected chi connectivity index (χ2v) is 4.45. The van der Waals surface area contributed by atoms with Gasteiger partial charge in [-0.25, -0.2) is 0 Å². The molecule has 0 amide bonds. The summed E-state index contributed by atoms with van der Waals surface area (Å²) in [5, 5.41) is 2.39. The molecule has 3 N–H and O–H groups in total. The van der Waals surface area contributed by atoms with E-state index in [1.807, 2.05) is 24.4 Å². The smallest absolute Gasteiger partial charge is 0.0667 e. The van der Waals surface area contributed by atoms with Crippen LogP contribution >= 0.6 is 0 Å². The van der Waals surface area contributed by atoms with Crippen LogP contribution in [0.4, 0.5) is 0 Å². The fraction of sp³-hybridized carbons (Fsp3) is 0.357. The Hall–Kier alpha value is -1.45. The lowest BCUT2D eigenvalue weighted by molar-refractivity contribution is 0.378. The predicted octanol–water partition coefficient (Wildman–Crippen LogP) is 2.79. The van der Waals surface area contributed by atoms with E-state index in [1.165, 1.54) is 10.8 Å². The number of nitrogens with one attached hydrogen (secondary N) is 1. The molecule has 2 unspecified atom stereocenters. The molecular formula is C14H19N3. The van der Waals surface area contributed by atoms with E-state index in [1.54, 1.807) is 0 Å². The maximum absolute atomic E-state index is 5.68. The number of hydrogen-bond acceptors (Lipinski definition) is 3. The Kier molecular flexibility index (Phi) is 3.71. The van der Waals surface area contributed by atoms with Gasteiger partial charge in [0.05, 0.1) is 11.7 Å². The first kappa shape index (κ1) is 12.0. The summed E-state index contributed by atoms with van der Waals surface area (Å²) < 4.78 is 0. The Bertz CT molecular complexity index is 490. The van der Waals surface area contributed by atoms with E-state index < -0.39 is 0 Å². The number of nitrogens with zero attached hydrogens (tertiary/aromatic N) is 1. The lowest BCUT2D eigenvalue weighted by atomic mass is 9.93. The van der Waals surface area contributed by atoms with Crippen LogP contribution in [0, 0.1) is 5.92 Å². The van der Waals surface area contributed by atoms with E-state index >= 15 is 0 Å². The molecule has 1 aromatic carbocycles. The standard InChI is InChI=1S/C14H19N3/c1-3-10(2)13(17-15)14-12-7-5-4-6-11(12)8-9-16-14/h4-10,13,17H,3,15H2,1-2H3. The highest BCUT2D eigenvalue weighted by Crippen LogP contribution is 2.27. The van der Waals surface area contributed by atoms with Gasteiger partial charge in [-0.3, -0.25) is 16.3 Å². The maximum atomic E-state index is 5.68. The van der Waals surface area contributed by atoms with Crippen LogP contribution in [-0.4, -0.2) is 4.98 Å². The Morgan fingerprint density at radius 2 is 2.06 bits per heavy atom. The van der Waals surface area contributed by atoms with Crippen molar-refractivity contribution in [1.29, 1.82) is 0 Å². The highest BCUT2D eigenvalue weighted by atomic mass is 15.2. The highest BCUT2D eigenvalue weighted by molar-refractivity contribution is 5.84. The lowest BCUT2D eigenvalue weighted by Crippen LogP contribution is -2.33. The number of nitrogens with two attached hydrogens (primary N) is 1. The largest absolute Gasteiger partial charge is 0.271 e. The highest BCUT2D eigenvalue weighted by Gasteiger charge is 2.19. The van der Waals surface area contributed by atoms with Crippen molar-refractivity contribution in [2.24, 2.45) is 11.8 Å². The molecule has 0 aliphatic heterocycles. The van der Waals surface area contributed by atoms with Crippen molar-refractivity contribution in [3.05, 3.63) is 42.2 Å². The Morgan fingerprint density at radius 3 is 2.76 bits per heavy atom. The number of benzene rings is 1. The fourth-order valence-electron chi connectivity index (χ4n) is 2.14. The van der Waals surface area contributed by atoms with E-state index in [9.17, 15) is 0 Å². The summed E-state index contributed by atoms with van der Waals surface area (Å²) in [6.45, 7) is 4.36. The summed E-state index contributed by atoms with van der Waals surface area (Å²) in [6.07, 6.45) is 2.92. The Balaban J connectivity index is 2.53. The predicted molar refractivity (Wildman–Crippen MR) is 71.3 cm³/mol. The summed E-state index contributed by atoms with van der Waals surface area (Å²) in [5.41, 5.74) is 3.94. The van der Waals surface area contributed by atoms with Crippen LogP contribution in [0.5, 0.6) is 0 Å². The van der Waals surface area contributed by atoms with Crippen LogP contribution in [0.2, 0.25) is 0 Å². The van der Waals surface area contributed by atoms with E-state index in [2.05, 4.69) is 36.4 Å². The van der Waals surface area contributed by atoms with Crippen molar-refractivity contribution in [2.75, 3.05) is 0 Å². The SMILES string of the molecule is CCC(C)C(NN)c1nccc2ccccc12. The molecule has 0 fully saturated rings. The minimum Gasteiger partial charge on any atom is -0.271 e. The fourth-order valence-corrected chi connectivity index (χ4v) is 2.14. The topological polar surface area (TPSA) is 50.9 Å². The van der Waals surface area contributed by atoms with E-state index in [-0.39, 0.29) is 6.04 Å². The average molecular weight is 229 g/mol. The van der Waals surface area contributed by atoms with E-state index in [4.69, 9.17) is 5.84 Å². The van der Waals surface area contributed by atoms with Gasteiger partial charge in [-0.05, 0) is 17.4 Å². The summed E-state index contributed by atoms with van der Waals surface area (Å²) >= 11 is 0. The second kappa shape index (κ2) is 5.25. The van der Waals surface area contributed by atoms with Gasteiger partial charge in [0.25, 0.3) is 0 Å². The third-order valence-corrected chi connectivity index (χ3v) is 3.39. The van der Waals surface area contributed by atoms with Crippen molar-refractivity contribution < 1.29 is 0 Å². The minimum absolute atomic E-state index is 0.103. The van der Waals surface area contributed by atoms with Gasteiger partial charge in [-0.2, -0.15) is 0 Å². The summed E-state index contributed by atoms with van der Waals surface area (Å²) in [6, 6.07) is 10.4. The van der Waals surface area contributed by atoms with E-state index in [0.29, 0.717) is 5.92 Å². The molecule has 0 aliphatic carbocycles. The lowest BCUT2D eigenvalue weighted by Gasteiger charge is -2.22. The third-order valence-electron chi connectivity index (χ3n) is 3.39. The Morgan fingerprint density at radius 1 is 1.29 bits per heavy atom. The molecule has 0 saturated heterocycles. The van der Waals surface area contributed by atoms with Crippen LogP contribution in [0.25, 0.3) is 10.8 Å². The van der Waals surface area contributed by atoms with Gasteiger partial charge in [-0.15, -0.1) is 0 Å². The molecule has 3 heteroatoms. The van der Waals surface area contributed by atoms with Gasteiger partial charge in [0.1, 0.15) is 0 Å². The molecule has 0 spiro atoms. The molecule has 1 heterocycles. The first-order valence-electron chi connectivity index (χ1n) is 6.07. The molecule has 0 saturated carbocycles. The maximum Gasteiger partial charge on any atom is 0.0667 e. The molecule has 17 heavy (non-hydrogen) atoms. The van der Waals surface area contributed by atoms with Gasteiger partial charge in [0.15, 0.2) is 0 Å². The summed E-state index contributed by atoms with van der Waals surface area (Å²) in [4.78, 5) is 4.50. The Labute approximate surface area is 102 Å². The van der Waals surface area contributed by atoms with Gasteiger partial charge in [-0.1, -0.05) is 44.5 Å². The van der Waals surface area contributed by atoms with Gasteiger partial charge in [0, 0.05) is 11.6 Å².